The van der Waals surface area contributed by atoms with Crippen LogP contribution in [0.4, 0.5) is 34.1 Å². The third-order valence-corrected chi connectivity index (χ3v) is 28.2. The Labute approximate surface area is 745 Å². The van der Waals surface area contributed by atoms with Crippen molar-refractivity contribution < 1.29 is 0 Å². The Kier molecular flexibility index (Phi) is 17.3. The number of rotatable bonds is 8. The molecule has 2 aromatic heterocycles. The molecule has 0 amide bonds. The van der Waals surface area contributed by atoms with Crippen LogP contribution < -0.4 is 26.2 Å². The Bertz CT molecular complexity index is 7960. The van der Waals surface area contributed by atoms with Gasteiger partial charge in [-0.2, -0.15) is 0 Å². The third-order valence-electron chi connectivity index (χ3n) is 28.2. The van der Waals surface area contributed by atoms with Gasteiger partial charge in [-0.15, -0.1) is 0 Å². The molecular formula is C122H103BN4. The first-order valence-electron chi connectivity index (χ1n) is 45.5. The van der Waals surface area contributed by atoms with E-state index in [1.165, 1.54) is 152 Å². The molecule has 23 rings (SSSR count). The minimum atomic E-state index is -0.396. The molecule has 2 aliphatic rings. The highest BCUT2D eigenvalue weighted by atomic mass is 15.2. The Morgan fingerprint density at radius 3 is 0.811 bits per heavy atom. The van der Waals surface area contributed by atoms with Crippen LogP contribution in [-0.4, -0.2) is 15.8 Å². The molecule has 0 unspecified atom stereocenters. The van der Waals surface area contributed by atoms with E-state index in [9.17, 15) is 0 Å². The second-order valence-electron chi connectivity index (χ2n) is 41.3. The molecular weight excluding hydrogens is 1530 g/mol. The molecule has 0 saturated heterocycles. The van der Waals surface area contributed by atoms with E-state index >= 15 is 0 Å². The zero-order chi connectivity index (χ0) is 86.8. The molecule has 4 nitrogen and oxygen atoms in total. The molecule has 0 N–H and O–H groups in total. The number of para-hydroxylation sites is 2. The van der Waals surface area contributed by atoms with E-state index in [2.05, 4.69) is 475 Å². The number of nitrogens with zero attached hydrogens (tertiary/aromatic N) is 4. The molecule has 0 bridgehead atoms. The number of hydrogen-bond donors (Lipinski definition) is 0. The fourth-order valence-electron chi connectivity index (χ4n) is 21.3. The highest BCUT2D eigenvalue weighted by Crippen LogP contribution is 2.56. The molecule has 0 atom stereocenters. The number of aromatic nitrogens is 2. The van der Waals surface area contributed by atoms with Crippen LogP contribution in [0.25, 0.3) is 164 Å². The quantitative estimate of drug-likeness (QED) is 0.111. The normalized spacial score (nSPS) is 13.3. The van der Waals surface area contributed by atoms with E-state index in [-0.39, 0.29) is 28.4 Å². The summed E-state index contributed by atoms with van der Waals surface area (Å²) in [4.78, 5) is 5.55. The number of anilines is 6. The highest BCUT2D eigenvalue weighted by Gasteiger charge is 2.47. The fourth-order valence-corrected chi connectivity index (χ4v) is 21.3. The van der Waals surface area contributed by atoms with Crippen LogP contribution in [-0.2, 0) is 27.1 Å². The summed E-state index contributed by atoms with van der Waals surface area (Å²) in [7, 11) is 0. The maximum Gasteiger partial charge on any atom is 0.252 e. The minimum absolute atomic E-state index is 0.0830. The molecule has 0 aliphatic carbocycles. The largest absolute Gasteiger partial charge is 0.310 e. The van der Waals surface area contributed by atoms with Gasteiger partial charge in [0.05, 0.1) is 33.4 Å². The molecule has 5 heteroatoms. The van der Waals surface area contributed by atoms with Gasteiger partial charge >= 0.3 is 0 Å². The summed E-state index contributed by atoms with van der Waals surface area (Å²) in [5, 5.41) is 19.7. The van der Waals surface area contributed by atoms with Crippen molar-refractivity contribution in [3.05, 3.63) is 380 Å². The van der Waals surface area contributed by atoms with Crippen LogP contribution in [0.1, 0.15) is 132 Å². The highest BCUT2D eigenvalue weighted by molar-refractivity contribution is 7.00. The zero-order valence-electron chi connectivity index (χ0n) is 75.4. The predicted octanol–water partition coefficient (Wildman–Crippen LogP) is 32.0. The molecule has 0 radical (unpaired) electrons. The first-order valence-corrected chi connectivity index (χ1v) is 45.5. The van der Waals surface area contributed by atoms with Crippen molar-refractivity contribution in [2.45, 2.75) is 131 Å². The lowest BCUT2D eigenvalue weighted by Crippen LogP contribution is -2.61. The van der Waals surface area contributed by atoms with Gasteiger partial charge < -0.3 is 18.9 Å². The van der Waals surface area contributed by atoms with Crippen molar-refractivity contribution in [3.63, 3.8) is 0 Å². The molecule has 19 aromatic carbocycles. The molecule has 2 aliphatic heterocycles. The first-order chi connectivity index (χ1) is 61.1. The average Bonchev–Trinajstić information content (AvgIpc) is 1.38. The molecule has 0 fully saturated rings. The van der Waals surface area contributed by atoms with Gasteiger partial charge in [0.2, 0.25) is 0 Å². The van der Waals surface area contributed by atoms with Crippen LogP contribution in [0.15, 0.2) is 352 Å². The maximum atomic E-state index is 2.78. The molecule has 127 heavy (non-hydrogen) atoms. The van der Waals surface area contributed by atoms with Crippen LogP contribution in [0.2, 0.25) is 0 Å². The van der Waals surface area contributed by atoms with Gasteiger partial charge in [0.25, 0.3) is 6.71 Å². The smallest absolute Gasteiger partial charge is 0.252 e. The van der Waals surface area contributed by atoms with Crippen molar-refractivity contribution in [3.8, 4) is 55.9 Å². The summed E-state index contributed by atoms with van der Waals surface area (Å²) < 4.78 is 5.17. The standard InChI is InChI=1S/C122H103BN4/c1-118(2,3)84-51-59-107-101(66-84)102-67-85(119(4,5)6)52-60-108(102)124(107)89-55-57-105-111(72-89)126(116-94(74-27-17-16-18-28-74)35-25-36-95(116)81-48-45-78-42-39-75-29-19-22-32-91(75)98(78)63-81)113-70-88(122(13,14)15)71-114-115(113)123(105)106-58-56-90(125-109-61-53-86(120(7,8)9)68-103(109)104-69-87(121(10,11)12)54-62-110(104)125)73-112(106)127(114)117-96(82-49-46-79-43-40-76-30-20-23-33-92(76)99(79)64-82)37-26-38-97(117)83-50-47-80-44-41-77-31-21-24-34-93(77)100(80)65-83/h16-73H,1-15H3. The van der Waals surface area contributed by atoms with Gasteiger partial charge in [-0.3, -0.25) is 0 Å². The molecule has 0 saturated carbocycles. The summed E-state index contributed by atoms with van der Waals surface area (Å²) in [6.45, 7) is 35.1. The minimum Gasteiger partial charge on any atom is -0.310 e. The SMILES string of the molecule is CC(C)(C)c1cc2c3c(c1)N(c1c(-c4ccc5ccc6ccccc6c5c4)cccc1-c1ccc4ccc5ccccc5c4c1)c1cc(-n4c5ccc(C(C)(C)C)cc5c5cc(C(C)(C)C)ccc54)ccc1B3c1ccc(-n3c4ccc(C(C)(C)C)cc4c4cc(C(C)(C)C)ccc43)cc1N2c1c(-c2ccccc2)cccc1-c1ccc2ccc3ccccc3c2c1. The van der Waals surface area contributed by atoms with Crippen molar-refractivity contribution in [2.24, 2.45) is 0 Å². The van der Waals surface area contributed by atoms with Crippen molar-refractivity contribution in [1.29, 1.82) is 0 Å². The second kappa shape index (κ2) is 28.3. The van der Waals surface area contributed by atoms with E-state index in [0.29, 0.717) is 0 Å². The van der Waals surface area contributed by atoms with Crippen molar-refractivity contribution in [1.82, 2.24) is 9.13 Å². The van der Waals surface area contributed by atoms with Crippen LogP contribution in [0.5, 0.6) is 0 Å². The molecule has 21 aromatic rings. The van der Waals surface area contributed by atoms with E-state index in [4.69, 9.17) is 0 Å². The Balaban J connectivity index is 0.889. The summed E-state index contributed by atoms with van der Waals surface area (Å²) in [6.07, 6.45) is 0. The maximum absolute atomic E-state index is 2.78. The van der Waals surface area contributed by atoms with Gasteiger partial charge in [-0.25, -0.2) is 0 Å². The third kappa shape index (κ3) is 12.5. The Morgan fingerprint density at radius 2 is 0.488 bits per heavy atom. The summed E-state index contributed by atoms with van der Waals surface area (Å²) in [5.74, 6) is 0. The Hall–Kier alpha value is -14.0. The van der Waals surface area contributed by atoms with Crippen molar-refractivity contribution >= 4 is 165 Å². The first kappa shape index (κ1) is 77.8. The predicted molar refractivity (Wildman–Crippen MR) is 549 cm³/mol. The number of benzene rings is 19. The summed E-state index contributed by atoms with van der Waals surface area (Å²) in [5.41, 5.74) is 32.1. The lowest BCUT2D eigenvalue weighted by molar-refractivity contribution is 0.590. The average molecular weight is 1640 g/mol. The van der Waals surface area contributed by atoms with Gasteiger partial charge in [-0.05, 0) is 261 Å². The fraction of sp³-hybridized carbons (Fsp3) is 0.164. The summed E-state index contributed by atoms with van der Waals surface area (Å²) in [6, 6.07) is 137. The summed E-state index contributed by atoms with van der Waals surface area (Å²) >= 11 is 0. The monoisotopic (exact) mass is 1630 g/mol. The van der Waals surface area contributed by atoms with Crippen LogP contribution in [0.3, 0.4) is 0 Å². The molecule has 614 valence electrons. The van der Waals surface area contributed by atoms with Gasteiger partial charge in [-0.1, -0.05) is 353 Å². The lowest BCUT2D eigenvalue weighted by Gasteiger charge is -2.46. The molecule has 4 heterocycles. The van der Waals surface area contributed by atoms with Crippen LogP contribution in [0, 0.1) is 0 Å². The topological polar surface area (TPSA) is 16.3 Å². The van der Waals surface area contributed by atoms with E-state index < -0.39 is 5.41 Å². The van der Waals surface area contributed by atoms with Gasteiger partial charge in [0, 0.05) is 77.9 Å². The van der Waals surface area contributed by atoms with E-state index in [1.807, 2.05) is 0 Å². The lowest BCUT2D eigenvalue weighted by atomic mass is 9.33. The Morgan fingerprint density at radius 1 is 0.197 bits per heavy atom. The van der Waals surface area contributed by atoms with Crippen molar-refractivity contribution in [2.75, 3.05) is 9.80 Å². The zero-order valence-corrected chi connectivity index (χ0v) is 75.4. The van der Waals surface area contributed by atoms with Crippen LogP contribution >= 0.6 is 0 Å². The van der Waals surface area contributed by atoms with Gasteiger partial charge in [0.1, 0.15) is 0 Å². The number of fused-ring (bicyclic) bond motifs is 19. The van der Waals surface area contributed by atoms with E-state index in [0.717, 1.165) is 90.0 Å². The number of hydrogen-bond acceptors (Lipinski definition) is 2. The van der Waals surface area contributed by atoms with E-state index in [1.54, 1.807) is 0 Å². The van der Waals surface area contributed by atoms with Gasteiger partial charge in [0.15, 0.2) is 0 Å². The second-order valence-corrected chi connectivity index (χ2v) is 41.3. The molecule has 0 spiro atoms.